The number of carbonyl (C=O) groups excluding carboxylic acids is 2. The van der Waals surface area contributed by atoms with Crippen molar-refractivity contribution in [3.05, 3.63) is 23.3 Å². The van der Waals surface area contributed by atoms with E-state index in [1.54, 1.807) is 0 Å². The van der Waals surface area contributed by atoms with E-state index in [0.29, 0.717) is 12.3 Å². The van der Waals surface area contributed by atoms with Crippen LogP contribution in [0.15, 0.2) is 23.3 Å². The molecule has 0 saturated heterocycles. The van der Waals surface area contributed by atoms with Gasteiger partial charge in [0.15, 0.2) is 6.10 Å². The smallest absolute Gasteiger partial charge is 0.303 e. The van der Waals surface area contributed by atoms with Gasteiger partial charge in [0.1, 0.15) is 6.10 Å². The monoisotopic (exact) mass is 320 g/mol. The average molecular weight is 320 g/mol. The van der Waals surface area contributed by atoms with Gasteiger partial charge in [-0.3, -0.25) is 9.59 Å². The lowest BCUT2D eigenvalue weighted by Crippen LogP contribution is -2.39. The highest BCUT2D eigenvalue weighted by molar-refractivity contribution is 5.67. The fourth-order valence-electron chi connectivity index (χ4n) is 3.93. The maximum Gasteiger partial charge on any atom is 0.303 e. The van der Waals surface area contributed by atoms with E-state index in [0.717, 1.165) is 24.8 Å². The summed E-state index contributed by atoms with van der Waals surface area (Å²) >= 11 is 0. The van der Waals surface area contributed by atoms with Gasteiger partial charge >= 0.3 is 11.9 Å². The van der Waals surface area contributed by atoms with Gasteiger partial charge in [-0.05, 0) is 44.1 Å². The maximum absolute atomic E-state index is 11.5. The Hall–Kier alpha value is -1.58. The molecule has 0 aromatic rings. The van der Waals surface area contributed by atoms with Crippen molar-refractivity contribution in [2.45, 2.75) is 72.5 Å². The summed E-state index contributed by atoms with van der Waals surface area (Å²) in [4.78, 5) is 23.0. The standard InChI is InChI=1S/C19H28O4/c1-12-11-19(5)13(2)7-6-8-16(19)9-10-17(22-14(3)20)18(12)23-15(4)21/h8,11,13,17-18H,6-7,9-10H2,1-5H3. The molecule has 23 heavy (non-hydrogen) atoms. The van der Waals surface area contributed by atoms with Crippen LogP contribution in [-0.4, -0.2) is 24.1 Å². The normalized spacial score (nSPS) is 34.2. The molecular weight excluding hydrogens is 292 g/mol. The molecule has 2 aliphatic rings. The van der Waals surface area contributed by atoms with Gasteiger partial charge in [0, 0.05) is 19.3 Å². The number of rotatable bonds is 2. The third kappa shape index (κ3) is 3.85. The largest absolute Gasteiger partial charge is 0.458 e. The molecular formula is C19H28O4. The average Bonchev–Trinajstić information content (AvgIpc) is 2.43. The first kappa shape index (κ1) is 17.8. The minimum Gasteiger partial charge on any atom is -0.458 e. The Morgan fingerprint density at radius 3 is 2.43 bits per heavy atom. The molecule has 0 fully saturated rings. The van der Waals surface area contributed by atoms with Crippen molar-refractivity contribution in [3.63, 3.8) is 0 Å². The third-order valence-corrected chi connectivity index (χ3v) is 5.33. The predicted octanol–water partition coefficient (Wildman–Crippen LogP) is 3.95. The Morgan fingerprint density at radius 2 is 1.83 bits per heavy atom. The second-order valence-corrected chi connectivity index (χ2v) is 7.10. The van der Waals surface area contributed by atoms with Gasteiger partial charge in [-0.15, -0.1) is 0 Å². The molecule has 4 unspecified atom stereocenters. The summed E-state index contributed by atoms with van der Waals surface area (Å²) in [6.45, 7) is 9.31. The van der Waals surface area contributed by atoms with Crippen molar-refractivity contribution in [2.75, 3.05) is 0 Å². The first-order valence-corrected chi connectivity index (χ1v) is 8.47. The van der Waals surface area contributed by atoms with Crippen molar-refractivity contribution < 1.29 is 19.1 Å². The van der Waals surface area contributed by atoms with Gasteiger partial charge < -0.3 is 9.47 Å². The van der Waals surface area contributed by atoms with Gasteiger partial charge in [-0.1, -0.05) is 31.6 Å². The molecule has 0 N–H and O–H groups in total. The van der Waals surface area contributed by atoms with Crippen LogP contribution in [0.3, 0.4) is 0 Å². The highest BCUT2D eigenvalue weighted by atomic mass is 16.6. The molecule has 4 atom stereocenters. The van der Waals surface area contributed by atoms with Crippen molar-refractivity contribution in [3.8, 4) is 0 Å². The second kappa shape index (κ2) is 6.90. The SMILES string of the molecule is CC(=O)OC1CCC2=CCCC(C)C2(C)C=C(C)C1OC(C)=O. The second-order valence-electron chi connectivity index (χ2n) is 7.10. The summed E-state index contributed by atoms with van der Waals surface area (Å²) in [5.74, 6) is -0.145. The number of carbonyl (C=O) groups is 2. The summed E-state index contributed by atoms with van der Waals surface area (Å²) in [5.41, 5.74) is 2.37. The zero-order valence-corrected chi connectivity index (χ0v) is 14.8. The van der Waals surface area contributed by atoms with Crippen molar-refractivity contribution in [2.24, 2.45) is 11.3 Å². The molecule has 0 heterocycles. The van der Waals surface area contributed by atoms with Crippen molar-refractivity contribution >= 4 is 11.9 Å². The molecule has 2 rings (SSSR count). The first-order chi connectivity index (χ1) is 10.7. The summed E-state index contributed by atoms with van der Waals surface area (Å²) in [6.07, 6.45) is 7.45. The van der Waals surface area contributed by atoms with Gasteiger partial charge in [0.05, 0.1) is 0 Å². The fraction of sp³-hybridized carbons (Fsp3) is 0.684. The molecule has 128 valence electrons. The van der Waals surface area contributed by atoms with Crippen LogP contribution >= 0.6 is 0 Å². The molecule has 2 aliphatic carbocycles. The molecule has 0 aromatic heterocycles. The number of ether oxygens (including phenoxy) is 2. The molecule has 0 amide bonds. The fourth-order valence-corrected chi connectivity index (χ4v) is 3.93. The van der Waals surface area contributed by atoms with Crippen LogP contribution in [0.2, 0.25) is 0 Å². The number of esters is 2. The lowest BCUT2D eigenvalue weighted by molar-refractivity contribution is -0.163. The topological polar surface area (TPSA) is 52.6 Å². The lowest BCUT2D eigenvalue weighted by Gasteiger charge is -2.42. The van der Waals surface area contributed by atoms with Gasteiger partial charge in [-0.2, -0.15) is 0 Å². The summed E-state index contributed by atoms with van der Waals surface area (Å²) < 4.78 is 11.0. The number of allylic oxidation sites excluding steroid dienone is 3. The van der Waals surface area contributed by atoms with Gasteiger partial charge in [0.25, 0.3) is 0 Å². The Bertz CT molecular complexity index is 546. The summed E-state index contributed by atoms with van der Waals surface area (Å²) in [6, 6.07) is 0. The van der Waals surface area contributed by atoms with Crippen LogP contribution in [0.5, 0.6) is 0 Å². The quantitative estimate of drug-likeness (QED) is 0.571. The molecule has 4 heteroatoms. The van der Waals surface area contributed by atoms with E-state index in [-0.39, 0.29) is 17.4 Å². The molecule has 0 saturated carbocycles. The van der Waals surface area contributed by atoms with E-state index in [1.807, 2.05) is 6.92 Å². The molecule has 0 aliphatic heterocycles. The minimum atomic E-state index is -0.496. The Morgan fingerprint density at radius 1 is 1.17 bits per heavy atom. The summed E-state index contributed by atoms with van der Waals surface area (Å²) in [7, 11) is 0. The Labute approximate surface area is 138 Å². The number of fused-ring (bicyclic) bond motifs is 1. The highest BCUT2D eigenvalue weighted by Crippen LogP contribution is 2.47. The Kier molecular flexibility index (Phi) is 5.33. The van der Waals surface area contributed by atoms with Gasteiger partial charge in [-0.25, -0.2) is 0 Å². The number of hydrogen-bond acceptors (Lipinski definition) is 4. The molecule has 0 spiro atoms. The molecule has 4 nitrogen and oxygen atoms in total. The van der Waals surface area contributed by atoms with Crippen LogP contribution in [0.4, 0.5) is 0 Å². The molecule has 0 radical (unpaired) electrons. The van der Waals surface area contributed by atoms with Crippen molar-refractivity contribution in [1.29, 1.82) is 0 Å². The zero-order chi connectivity index (χ0) is 17.2. The molecule has 0 aromatic carbocycles. The lowest BCUT2D eigenvalue weighted by atomic mass is 9.64. The van der Waals surface area contributed by atoms with E-state index >= 15 is 0 Å². The van der Waals surface area contributed by atoms with Crippen LogP contribution in [-0.2, 0) is 19.1 Å². The van der Waals surface area contributed by atoms with E-state index in [2.05, 4.69) is 26.0 Å². The van der Waals surface area contributed by atoms with Crippen molar-refractivity contribution in [1.82, 2.24) is 0 Å². The maximum atomic E-state index is 11.5. The van der Waals surface area contributed by atoms with E-state index in [1.165, 1.54) is 19.4 Å². The zero-order valence-electron chi connectivity index (χ0n) is 14.8. The van der Waals surface area contributed by atoms with Crippen LogP contribution in [0.1, 0.15) is 60.3 Å². The minimum absolute atomic E-state index is 0.0120. The Balaban J connectivity index is 2.42. The van der Waals surface area contributed by atoms with E-state index < -0.39 is 12.2 Å². The molecule has 0 bridgehead atoms. The van der Waals surface area contributed by atoms with Crippen LogP contribution < -0.4 is 0 Å². The van der Waals surface area contributed by atoms with Gasteiger partial charge in [0.2, 0.25) is 0 Å². The number of hydrogen-bond donors (Lipinski definition) is 0. The summed E-state index contributed by atoms with van der Waals surface area (Å²) in [5, 5.41) is 0. The third-order valence-electron chi connectivity index (χ3n) is 5.33. The van der Waals surface area contributed by atoms with Crippen LogP contribution in [0, 0.1) is 11.3 Å². The highest BCUT2D eigenvalue weighted by Gasteiger charge is 2.40. The first-order valence-electron chi connectivity index (χ1n) is 8.47. The van der Waals surface area contributed by atoms with E-state index in [4.69, 9.17) is 9.47 Å². The van der Waals surface area contributed by atoms with Crippen LogP contribution in [0.25, 0.3) is 0 Å². The predicted molar refractivity (Wildman–Crippen MR) is 88.7 cm³/mol. The van der Waals surface area contributed by atoms with E-state index in [9.17, 15) is 9.59 Å².